The SMILES string of the molecule is NC(=O)[C@@H]1CCCN2C(=O)c3ccccc3NC12. The minimum atomic E-state index is -0.343. The van der Waals surface area contributed by atoms with Crippen LogP contribution in [-0.4, -0.2) is 29.4 Å². The van der Waals surface area contributed by atoms with Gasteiger partial charge in [-0.1, -0.05) is 12.1 Å². The molecule has 0 radical (unpaired) electrons. The lowest BCUT2D eigenvalue weighted by Crippen LogP contribution is -2.58. The monoisotopic (exact) mass is 245 g/mol. The van der Waals surface area contributed by atoms with E-state index in [0.717, 1.165) is 18.5 Å². The highest BCUT2D eigenvalue weighted by Gasteiger charge is 2.41. The van der Waals surface area contributed by atoms with E-state index in [4.69, 9.17) is 5.73 Å². The molecule has 3 N–H and O–H groups in total. The Hall–Kier alpha value is -2.04. The molecule has 0 aliphatic carbocycles. The van der Waals surface area contributed by atoms with Gasteiger partial charge >= 0.3 is 0 Å². The van der Waals surface area contributed by atoms with Gasteiger partial charge in [0.25, 0.3) is 5.91 Å². The molecule has 1 aromatic rings. The summed E-state index contributed by atoms with van der Waals surface area (Å²) >= 11 is 0. The van der Waals surface area contributed by atoms with Crippen LogP contribution in [0.5, 0.6) is 0 Å². The summed E-state index contributed by atoms with van der Waals surface area (Å²) < 4.78 is 0. The van der Waals surface area contributed by atoms with Gasteiger partial charge in [0.05, 0.1) is 11.5 Å². The van der Waals surface area contributed by atoms with Crippen molar-refractivity contribution in [2.45, 2.75) is 19.0 Å². The number of primary amides is 1. The molecule has 2 heterocycles. The number of nitrogens with one attached hydrogen (secondary N) is 1. The summed E-state index contributed by atoms with van der Waals surface area (Å²) in [5.41, 5.74) is 6.88. The van der Waals surface area contributed by atoms with Gasteiger partial charge in [-0.05, 0) is 25.0 Å². The van der Waals surface area contributed by atoms with Gasteiger partial charge in [0, 0.05) is 12.2 Å². The fourth-order valence-corrected chi connectivity index (χ4v) is 2.81. The van der Waals surface area contributed by atoms with Gasteiger partial charge in [-0.3, -0.25) is 9.59 Å². The third-order valence-corrected chi connectivity index (χ3v) is 3.72. The highest BCUT2D eigenvalue weighted by Crippen LogP contribution is 2.32. The Labute approximate surface area is 105 Å². The van der Waals surface area contributed by atoms with Crippen molar-refractivity contribution in [2.24, 2.45) is 11.7 Å². The Morgan fingerprint density at radius 2 is 2.17 bits per heavy atom. The highest BCUT2D eigenvalue weighted by molar-refractivity contribution is 6.02. The van der Waals surface area contributed by atoms with Crippen LogP contribution in [0.2, 0.25) is 0 Å². The summed E-state index contributed by atoms with van der Waals surface area (Å²) in [6.07, 6.45) is 1.26. The quantitative estimate of drug-likeness (QED) is 0.767. The number of rotatable bonds is 1. The number of fused-ring (bicyclic) bond motifs is 2. The molecule has 0 saturated carbocycles. The normalized spacial score (nSPS) is 26.0. The first-order valence-electron chi connectivity index (χ1n) is 6.14. The molecule has 3 rings (SSSR count). The maximum absolute atomic E-state index is 12.4. The molecule has 1 unspecified atom stereocenters. The molecule has 0 bridgehead atoms. The molecule has 0 spiro atoms. The van der Waals surface area contributed by atoms with Crippen LogP contribution in [0.3, 0.4) is 0 Å². The summed E-state index contributed by atoms with van der Waals surface area (Å²) in [5, 5.41) is 3.26. The molecular weight excluding hydrogens is 230 g/mol. The molecule has 1 fully saturated rings. The first kappa shape index (κ1) is 11.1. The maximum atomic E-state index is 12.4. The Balaban J connectivity index is 2.01. The average molecular weight is 245 g/mol. The Morgan fingerprint density at radius 1 is 1.39 bits per heavy atom. The summed E-state index contributed by atoms with van der Waals surface area (Å²) in [4.78, 5) is 25.5. The smallest absolute Gasteiger partial charge is 0.257 e. The minimum Gasteiger partial charge on any atom is -0.369 e. The van der Waals surface area contributed by atoms with E-state index in [0.29, 0.717) is 12.1 Å². The number of piperidine rings is 1. The Bertz CT molecular complexity index is 515. The van der Waals surface area contributed by atoms with Crippen LogP contribution >= 0.6 is 0 Å². The summed E-state index contributed by atoms with van der Waals surface area (Å²) in [6.45, 7) is 0.675. The standard InChI is InChI=1S/C13H15N3O2/c14-11(17)9-5-3-7-16-12(9)15-10-6-2-1-4-8(10)13(16)18/h1-2,4,6,9,12,15H,3,5,7H2,(H2,14,17)/t9-,12?/m0/s1. The molecule has 18 heavy (non-hydrogen) atoms. The summed E-state index contributed by atoms with van der Waals surface area (Å²) in [5.74, 6) is -0.666. The second-order valence-corrected chi connectivity index (χ2v) is 4.78. The molecular formula is C13H15N3O2. The number of carbonyl (C=O) groups is 2. The third kappa shape index (κ3) is 1.54. The van der Waals surface area contributed by atoms with E-state index in [9.17, 15) is 9.59 Å². The predicted octanol–water partition coefficient (Wildman–Crippen LogP) is 0.776. The number of nitrogens with zero attached hydrogens (tertiary/aromatic N) is 1. The number of carbonyl (C=O) groups excluding carboxylic acids is 2. The highest BCUT2D eigenvalue weighted by atomic mass is 16.2. The van der Waals surface area contributed by atoms with Crippen LogP contribution in [0.15, 0.2) is 24.3 Å². The number of hydrogen-bond donors (Lipinski definition) is 2. The Morgan fingerprint density at radius 3 is 2.94 bits per heavy atom. The van der Waals surface area contributed by atoms with Crippen LogP contribution in [0, 0.1) is 5.92 Å². The van der Waals surface area contributed by atoms with Crippen molar-refractivity contribution >= 4 is 17.5 Å². The van der Waals surface area contributed by atoms with Crippen LogP contribution < -0.4 is 11.1 Å². The predicted molar refractivity (Wildman–Crippen MR) is 66.8 cm³/mol. The molecule has 1 aromatic carbocycles. The number of hydrogen-bond acceptors (Lipinski definition) is 3. The number of benzene rings is 1. The number of amides is 2. The number of nitrogens with two attached hydrogens (primary N) is 1. The first-order chi connectivity index (χ1) is 8.68. The van der Waals surface area contributed by atoms with Gasteiger partial charge in [-0.25, -0.2) is 0 Å². The summed E-state index contributed by atoms with van der Waals surface area (Å²) in [7, 11) is 0. The second-order valence-electron chi connectivity index (χ2n) is 4.78. The average Bonchev–Trinajstić information content (AvgIpc) is 2.38. The van der Waals surface area contributed by atoms with Gasteiger partial charge in [0.2, 0.25) is 5.91 Å². The van der Waals surface area contributed by atoms with Gasteiger partial charge in [0.1, 0.15) is 6.17 Å². The lowest BCUT2D eigenvalue weighted by Gasteiger charge is -2.44. The zero-order chi connectivity index (χ0) is 12.7. The molecule has 5 heteroatoms. The fourth-order valence-electron chi connectivity index (χ4n) is 2.81. The van der Waals surface area contributed by atoms with Gasteiger partial charge in [-0.2, -0.15) is 0 Å². The second kappa shape index (κ2) is 4.01. The van der Waals surface area contributed by atoms with Crippen molar-refractivity contribution in [3.05, 3.63) is 29.8 Å². The first-order valence-corrected chi connectivity index (χ1v) is 6.14. The lowest BCUT2D eigenvalue weighted by molar-refractivity contribution is -0.124. The van der Waals surface area contributed by atoms with E-state index in [1.54, 1.807) is 11.0 Å². The zero-order valence-corrected chi connectivity index (χ0v) is 9.93. The zero-order valence-electron chi connectivity index (χ0n) is 9.93. The third-order valence-electron chi connectivity index (χ3n) is 3.72. The van der Waals surface area contributed by atoms with Gasteiger partial charge in [-0.15, -0.1) is 0 Å². The topological polar surface area (TPSA) is 75.4 Å². The molecule has 94 valence electrons. The van der Waals surface area contributed by atoms with E-state index in [2.05, 4.69) is 5.32 Å². The minimum absolute atomic E-state index is 0.0136. The lowest BCUT2D eigenvalue weighted by atomic mass is 9.90. The van der Waals surface area contributed by atoms with Crippen LogP contribution in [0.25, 0.3) is 0 Å². The molecule has 2 atom stereocenters. The van der Waals surface area contributed by atoms with Crippen molar-refractivity contribution < 1.29 is 9.59 Å². The van der Waals surface area contributed by atoms with Crippen molar-refractivity contribution in [2.75, 3.05) is 11.9 Å². The number of anilines is 1. The van der Waals surface area contributed by atoms with Gasteiger partial charge in [0.15, 0.2) is 0 Å². The molecule has 2 aliphatic heterocycles. The largest absolute Gasteiger partial charge is 0.369 e. The van der Waals surface area contributed by atoms with E-state index < -0.39 is 0 Å². The van der Waals surface area contributed by atoms with Crippen LogP contribution in [0.1, 0.15) is 23.2 Å². The van der Waals surface area contributed by atoms with Crippen molar-refractivity contribution in [1.82, 2.24) is 4.90 Å². The number of para-hydroxylation sites is 1. The molecule has 2 amide bonds. The van der Waals surface area contributed by atoms with Crippen molar-refractivity contribution in [1.29, 1.82) is 0 Å². The maximum Gasteiger partial charge on any atom is 0.257 e. The molecule has 5 nitrogen and oxygen atoms in total. The molecule has 1 saturated heterocycles. The molecule has 2 aliphatic rings. The van der Waals surface area contributed by atoms with E-state index in [1.165, 1.54) is 0 Å². The van der Waals surface area contributed by atoms with E-state index >= 15 is 0 Å². The van der Waals surface area contributed by atoms with Crippen molar-refractivity contribution in [3.63, 3.8) is 0 Å². The van der Waals surface area contributed by atoms with Crippen LogP contribution in [-0.2, 0) is 4.79 Å². The molecule has 0 aromatic heterocycles. The van der Waals surface area contributed by atoms with Gasteiger partial charge < -0.3 is 16.0 Å². The fraction of sp³-hybridized carbons (Fsp3) is 0.385. The van der Waals surface area contributed by atoms with E-state index in [1.807, 2.05) is 18.2 Å². The van der Waals surface area contributed by atoms with Crippen LogP contribution in [0.4, 0.5) is 5.69 Å². The van der Waals surface area contributed by atoms with E-state index in [-0.39, 0.29) is 23.9 Å². The van der Waals surface area contributed by atoms with Crippen molar-refractivity contribution in [3.8, 4) is 0 Å². The summed E-state index contributed by atoms with van der Waals surface area (Å²) in [6, 6.07) is 7.37. The Kier molecular flexibility index (Phi) is 2.47.